The van der Waals surface area contributed by atoms with E-state index in [-0.39, 0.29) is 23.3 Å². The molecule has 0 aliphatic heterocycles. The maximum atomic E-state index is 12.6. The van der Waals surface area contributed by atoms with Crippen LogP contribution < -0.4 is 17.0 Å². The third kappa shape index (κ3) is 2.31. The summed E-state index contributed by atoms with van der Waals surface area (Å²) in [6, 6.07) is -0.0641. The Bertz CT molecular complexity index is 755. The third-order valence-corrected chi connectivity index (χ3v) is 4.05. The molecule has 21 heavy (non-hydrogen) atoms. The van der Waals surface area contributed by atoms with Crippen LogP contribution in [-0.2, 0) is 6.54 Å². The molecule has 0 aliphatic rings. The molecule has 0 radical (unpaired) electrons. The van der Waals surface area contributed by atoms with Crippen molar-refractivity contribution < 1.29 is 0 Å². The van der Waals surface area contributed by atoms with Crippen LogP contribution in [0.1, 0.15) is 46.2 Å². The van der Waals surface area contributed by atoms with E-state index in [1.54, 1.807) is 22.4 Å². The van der Waals surface area contributed by atoms with E-state index in [1.807, 2.05) is 20.8 Å². The summed E-state index contributed by atoms with van der Waals surface area (Å²) in [5, 5.41) is 0. The minimum atomic E-state index is -0.296. The highest BCUT2D eigenvalue weighted by Gasteiger charge is 2.21. The molecule has 0 aliphatic carbocycles. The van der Waals surface area contributed by atoms with Crippen LogP contribution >= 0.6 is 0 Å². The average Bonchev–Trinajstić information content (AvgIpc) is 2.91. The van der Waals surface area contributed by atoms with Crippen LogP contribution in [0.2, 0.25) is 0 Å². The van der Waals surface area contributed by atoms with Crippen LogP contribution in [0, 0.1) is 0 Å². The van der Waals surface area contributed by atoms with E-state index in [0.29, 0.717) is 24.3 Å². The number of nitrogens with two attached hydrogens (primary N) is 1. The fourth-order valence-electron chi connectivity index (χ4n) is 2.48. The van der Waals surface area contributed by atoms with Gasteiger partial charge in [-0.1, -0.05) is 6.92 Å². The standard InChI is InChI=1S/C14H23N5O2/c1-5-9(3)19-12-11(13(20)17(6-2)14(19)21)18(8-16-12)10(4)7-15/h8-10H,5-7,15H2,1-4H3. The van der Waals surface area contributed by atoms with Crippen molar-refractivity contribution in [2.45, 2.75) is 52.7 Å². The summed E-state index contributed by atoms with van der Waals surface area (Å²) in [5.74, 6) is 0. The van der Waals surface area contributed by atoms with Crippen LogP contribution in [0.4, 0.5) is 0 Å². The van der Waals surface area contributed by atoms with Gasteiger partial charge in [0.25, 0.3) is 5.56 Å². The van der Waals surface area contributed by atoms with Crippen LogP contribution in [0.15, 0.2) is 15.9 Å². The van der Waals surface area contributed by atoms with Crippen molar-refractivity contribution in [3.05, 3.63) is 27.2 Å². The smallest absolute Gasteiger partial charge is 0.328 e. The van der Waals surface area contributed by atoms with Crippen molar-refractivity contribution in [1.29, 1.82) is 0 Å². The summed E-state index contributed by atoms with van der Waals surface area (Å²) in [6.45, 7) is 8.42. The third-order valence-electron chi connectivity index (χ3n) is 4.05. The summed E-state index contributed by atoms with van der Waals surface area (Å²) in [5.41, 5.74) is 6.01. The number of aromatic nitrogens is 4. The Morgan fingerprint density at radius 1 is 1.24 bits per heavy atom. The van der Waals surface area contributed by atoms with Gasteiger partial charge in [0, 0.05) is 25.2 Å². The Balaban J connectivity index is 2.95. The molecule has 0 fully saturated rings. The van der Waals surface area contributed by atoms with Crippen LogP contribution in [0.25, 0.3) is 11.2 Å². The molecule has 2 heterocycles. The lowest BCUT2D eigenvalue weighted by Crippen LogP contribution is -2.41. The van der Waals surface area contributed by atoms with Gasteiger partial charge in [-0.2, -0.15) is 0 Å². The molecule has 2 unspecified atom stereocenters. The molecule has 0 saturated carbocycles. The number of rotatable bonds is 5. The summed E-state index contributed by atoms with van der Waals surface area (Å²) in [4.78, 5) is 29.4. The lowest BCUT2D eigenvalue weighted by molar-refractivity contribution is 0.487. The molecular formula is C14H23N5O2. The second-order valence-electron chi connectivity index (χ2n) is 5.37. The number of hydrogen-bond donors (Lipinski definition) is 1. The molecule has 0 spiro atoms. The quantitative estimate of drug-likeness (QED) is 0.886. The molecule has 0 saturated heterocycles. The molecule has 2 aromatic heterocycles. The molecule has 0 bridgehead atoms. The van der Waals surface area contributed by atoms with Crippen molar-refractivity contribution in [2.24, 2.45) is 5.73 Å². The SMILES string of the molecule is CCC(C)n1c(=O)n(CC)c(=O)c2c1ncn2C(C)CN. The van der Waals surface area contributed by atoms with E-state index in [9.17, 15) is 9.59 Å². The second-order valence-corrected chi connectivity index (χ2v) is 5.37. The Morgan fingerprint density at radius 3 is 2.43 bits per heavy atom. The molecule has 116 valence electrons. The van der Waals surface area contributed by atoms with Crippen LogP contribution in [0.5, 0.6) is 0 Å². The molecule has 0 aromatic carbocycles. The monoisotopic (exact) mass is 293 g/mol. The highest BCUT2D eigenvalue weighted by molar-refractivity contribution is 5.70. The molecule has 2 aromatic rings. The van der Waals surface area contributed by atoms with Gasteiger partial charge < -0.3 is 10.3 Å². The van der Waals surface area contributed by atoms with E-state index in [1.165, 1.54) is 4.57 Å². The first-order valence-electron chi connectivity index (χ1n) is 7.39. The summed E-state index contributed by atoms with van der Waals surface area (Å²) in [7, 11) is 0. The Kier molecular flexibility index (Phi) is 4.32. The Hall–Kier alpha value is -1.89. The number of imidazole rings is 1. The largest absolute Gasteiger partial charge is 0.332 e. The number of fused-ring (bicyclic) bond motifs is 1. The van der Waals surface area contributed by atoms with E-state index in [4.69, 9.17) is 5.73 Å². The van der Waals surface area contributed by atoms with Crippen molar-refractivity contribution in [1.82, 2.24) is 18.7 Å². The predicted octanol–water partition coefficient (Wildman–Crippen LogP) is 0.870. The summed E-state index contributed by atoms with van der Waals surface area (Å²) >= 11 is 0. The summed E-state index contributed by atoms with van der Waals surface area (Å²) < 4.78 is 4.64. The van der Waals surface area contributed by atoms with Crippen molar-refractivity contribution in [2.75, 3.05) is 6.54 Å². The topological polar surface area (TPSA) is 87.8 Å². The average molecular weight is 293 g/mol. The van der Waals surface area contributed by atoms with Gasteiger partial charge in [-0.3, -0.25) is 13.9 Å². The highest BCUT2D eigenvalue weighted by atomic mass is 16.2. The maximum Gasteiger partial charge on any atom is 0.332 e. The zero-order chi connectivity index (χ0) is 15.7. The minimum Gasteiger partial charge on any atom is -0.328 e. The fourth-order valence-corrected chi connectivity index (χ4v) is 2.48. The maximum absolute atomic E-state index is 12.6. The zero-order valence-corrected chi connectivity index (χ0v) is 13.0. The Labute approximate surface area is 123 Å². The van der Waals surface area contributed by atoms with Gasteiger partial charge in [-0.25, -0.2) is 9.78 Å². The first-order valence-corrected chi connectivity index (χ1v) is 7.39. The lowest BCUT2D eigenvalue weighted by Gasteiger charge is -2.17. The predicted molar refractivity (Wildman–Crippen MR) is 82.7 cm³/mol. The second kappa shape index (κ2) is 5.85. The van der Waals surface area contributed by atoms with Gasteiger partial charge in [0.05, 0.1) is 6.33 Å². The molecule has 7 heteroatoms. The van der Waals surface area contributed by atoms with Crippen LogP contribution in [-0.4, -0.2) is 25.2 Å². The number of nitrogens with zero attached hydrogens (tertiary/aromatic N) is 4. The molecule has 2 N–H and O–H groups in total. The van der Waals surface area contributed by atoms with E-state index in [2.05, 4.69) is 4.98 Å². The van der Waals surface area contributed by atoms with Gasteiger partial charge in [-0.15, -0.1) is 0 Å². The van der Waals surface area contributed by atoms with Gasteiger partial charge >= 0.3 is 5.69 Å². The van der Waals surface area contributed by atoms with E-state index >= 15 is 0 Å². The molecule has 2 rings (SSSR count). The van der Waals surface area contributed by atoms with Crippen molar-refractivity contribution in [3.8, 4) is 0 Å². The molecular weight excluding hydrogens is 270 g/mol. The lowest BCUT2D eigenvalue weighted by atomic mass is 10.2. The van der Waals surface area contributed by atoms with Gasteiger partial charge in [0.15, 0.2) is 11.2 Å². The normalized spacial score (nSPS) is 14.5. The highest BCUT2D eigenvalue weighted by Crippen LogP contribution is 2.17. The van der Waals surface area contributed by atoms with Crippen molar-refractivity contribution in [3.63, 3.8) is 0 Å². The van der Waals surface area contributed by atoms with Gasteiger partial charge in [-0.05, 0) is 27.2 Å². The van der Waals surface area contributed by atoms with Gasteiger partial charge in [0.1, 0.15) is 0 Å². The molecule has 7 nitrogen and oxygen atoms in total. The number of hydrogen-bond acceptors (Lipinski definition) is 4. The summed E-state index contributed by atoms with van der Waals surface area (Å²) in [6.07, 6.45) is 2.39. The molecule has 0 amide bonds. The van der Waals surface area contributed by atoms with Crippen molar-refractivity contribution >= 4 is 11.2 Å². The minimum absolute atomic E-state index is 0.0186. The Morgan fingerprint density at radius 2 is 1.90 bits per heavy atom. The first kappa shape index (κ1) is 15.5. The zero-order valence-electron chi connectivity index (χ0n) is 13.0. The molecule has 2 atom stereocenters. The fraction of sp³-hybridized carbons (Fsp3) is 0.643. The van der Waals surface area contributed by atoms with E-state index in [0.717, 1.165) is 6.42 Å². The van der Waals surface area contributed by atoms with Gasteiger partial charge in [0.2, 0.25) is 0 Å². The van der Waals surface area contributed by atoms with Crippen LogP contribution in [0.3, 0.4) is 0 Å². The van der Waals surface area contributed by atoms with E-state index < -0.39 is 0 Å². The first-order chi connectivity index (χ1) is 9.97.